The number of nitrogens with one attached hydrogen (secondary N) is 3. The molecule has 0 bridgehead atoms. The number of aromatic nitrogens is 1. The molecule has 168 valence electrons. The minimum Gasteiger partial charge on any atom is -0.494 e. The number of nitrogens with zero attached hydrogens (tertiary/aromatic N) is 1. The Morgan fingerprint density at radius 2 is 1.75 bits per heavy atom. The number of carbonyl (C=O) groups is 3. The number of anilines is 1. The zero-order valence-electron chi connectivity index (χ0n) is 17.7. The van der Waals surface area contributed by atoms with Crippen molar-refractivity contribution in [3.63, 3.8) is 0 Å². The topological polar surface area (TPSA) is 101 Å². The van der Waals surface area contributed by atoms with E-state index in [0.717, 1.165) is 0 Å². The maximum absolute atomic E-state index is 13.1. The lowest BCUT2D eigenvalue weighted by Crippen LogP contribution is -2.43. The highest BCUT2D eigenvalue weighted by Gasteiger charge is 2.23. The predicted molar refractivity (Wildman–Crippen MR) is 125 cm³/mol. The summed E-state index contributed by atoms with van der Waals surface area (Å²) in [6.45, 7) is 3.67. The molecule has 0 aliphatic carbocycles. The number of carbonyl (C=O) groups excluding carboxylic acids is 3. The second-order valence-corrected chi connectivity index (χ2v) is 7.97. The maximum atomic E-state index is 13.1. The number of benzene rings is 2. The SMILES string of the molecule is CC[C@H](C)NC(=O)C(=O)Nn1c(C(=O)Nc2cc(Cl)cc(Cl)c2)cc2cccc(OC)c21. The average Bonchev–Trinajstić information content (AvgIpc) is 3.11. The molecule has 0 aliphatic heterocycles. The highest BCUT2D eigenvalue weighted by Crippen LogP contribution is 2.29. The van der Waals surface area contributed by atoms with Gasteiger partial charge in [-0.3, -0.25) is 19.8 Å². The molecule has 0 saturated heterocycles. The van der Waals surface area contributed by atoms with Gasteiger partial charge in [0.15, 0.2) is 0 Å². The molecular weight excluding hydrogens is 455 g/mol. The van der Waals surface area contributed by atoms with Gasteiger partial charge in [0.1, 0.15) is 17.0 Å². The summed E-state index contributed by atoms with van der Waals surface area (Å²) in [5.74, 6) is -1.88. The number of hydrogen-bond donors (Lipinski definition) is 3. The van der Waals surface area contributed by atoms with E-state index in [-0.39, 0.29) is 11.7 Å². The van der Waals surface area contributed by atoms with Crippen molar-refractivity contribution < 1.29 is 19.1 Å². The van der Waals surface area contributed by atoms with Gasteiger partial charge in [0, 0.05) is 27.2 Å². The number of amides is 3. The standard InChI is InChI=1S/C22H22Cl2N4O4/c1-4-12(2)25-21(30)22(31)27-28-17(8-13-6-5-7-18(32-3)19(13)28)20(29)26-16-10-14(23)9-15(24)11-16/h5-12H,4H2,1-3H3,(H,25,30)(H,26,29)(H,27,31)/t12-/m0/s1. The molecule has 2 aromatic carbocycles. The third-order valence-corrected chi connectivity index (χ3v) is 5.21. The molecule has 0 aliphatic rings. The van der Waals surface area contributed by atoms with Crippen LogP contribution in [0.15, 0.2) is 42.5 Å². The second kappa shape index (κ2) is 9.93. The van der Waals surface area contributed by atoms with Crippen molar-refractivity contribution >= 4 is 57.5 Å². The highest BCUT2D eigenvalue weighted by atomic mass is 35.5. The largest absolute Gasteiger partial charge is 0.494 e. The molecule has 3 amide bonds. The Hall–Kier alpha value is -3.23. The fourth-order valence-electron chi connectivity index (χ4n) is 3.04. The predicted octanol–water partition coefficient (Wildman–Crippen LogP) is 4.19. The Morgan fingerprint density at radius 3 is 2.38 bits per heavy atom. The van der Waals surface area contributed by atoms with Crippen LogP contribution >= 0.6 is 23.2 Å². The van der Waals surface area contributed by atoms with Gasteiger partial charge in [0.2, 0.25) is 0 Å². The van der Waals surface area contributed by atoms with Crippen LogP contribution in [0.3, 0.4) is 0 Å². The minimum absolute atomic E-state index is 0.0743. The van der Waals surface area contributed by atoms with Crippen molar-refractivity contribution in [2.75, 3.05) is 17.9 Å². The molecule has 1 aromatic heterocycles. The average molecular weight is 477 g/mol. The summed E-state index contributed by atoms with van der Waals surface area (Å²) in [5.41, 5.74) is 3.37. The number of rotatable bonds is 6. The van der Waals surface area contributed by atoms with Crippen LogP contribution in [0.4, 0.5) is 5.69 Å². The molecule has 0 spiro atoms. The quantitative estimate of drug-likeness (QED) is 0.464. The van der Waals surface area contributed by atoms with Crippen molar-refractivity contribution in [1.82, 2.24) is 9.99 Å². The van der Waals surface area contributed by atoms with Gasteiger partial charge in [-0.05, 0) is 43.7 Å². The monoisotopic (exact) mass is 476 g/mol. The Kier molecular flexibility index (Phi) is 7.27. The minimum atomic E-state index is -0.923. The van der Waals surface area contributed by atoms with Crippen molar-refractivity contribution in [3.05, 3.63) is 58.2 Å². The Balaban J connectivity index is 2.01. The van der Waals surface area contributed by atoms with E-state index in [2.05, 4.69) is 16.1 Å². The molecule has 10 heteroatoms. The Bertz CT molecular complexity index is 1170. The van der Waals surface area contributed by atoms with E-state index in [1.165, 1.54) is 30.0 Å². The first-order chi connectivity index (χ1) is 15.2. The summed E-state index contributed by atoms with van der Waals surface area (Å²) in [4.78, 5) is 37.9. The third-order valence-electron chi connectivity index (χ3n) is 4.77. The van der Waals surface area contributed by atoms with Crippen LogP contribution in [0.2, 0.25) is 10.0 Å². The first-order valence-electron chi connectivity index (χ1n) is 9.81. The van der Waals surface area contributed by atoms with Gasteiger partial charge < -0.3 is 15.4 Å². The number of ether oxygens (including phenoxy) is 1. The summed E-state index contributed by atoms with van der Waals surface area (Å²) < 4.78 is 6.63. The molecule has 1 atom stereocenters. The number of hydrogen-bond acceptors (Lipinski definition) is 4. The fraction of sp³-hybridized carbons (Fsp3) is 0.227. The molecule has 0 radical (unpaired) electrons. The van der Waals surface area contributed by atoms with Crippen LogP contribution < -0.4 is 20.8 Å². The molecular formula is C22H22Cl2N4O4. The van der Waals surface area contributed by atoms with E-state index < -0.39 is 17.7 Å². The fourth-order valence-corrected chi connectivity index (χ4v) is 3.57. The van der Waals surface area contributed by atoms with Crippen LogP contribution in [-0.2, 0) is 9.59 Å². The molecule has 32 heavy (non-hydrogen) atoms. The van der Waals surface area contributed by atoms with E-state index in [1.807, 2.05) is 6.92 Å². The zero-order chi connectivity index (χ0) is 23.4. The lowest BCUT2D eigenvalue weighted by Gasteiger charge is -2.15. The lowest BCUT2D eigenvalue weighted by molar-refractivity contribution is -0.137. The first-order valence-corrected chi connectivity index (χ1v) is 10.6. The van der Waals surface area contributed by atoms with Gasteiger partial charge >= 0.3 is 11.8 Å². The summed E-state index contributed by atoms with van der Waals surface area (Å²) in [5, 5.41) is 6.63. The lowest BCUT2D eigenvalue weighted by atomic mass is 10.2. The van der Waals surface area contributed by atoms with Gasteiger partial charge in [-0.1, -0.05) is 42.3 Å². The smallest absolute Gasteiger partial charge is 0.328 e. The van der Waals surface area contributed by atoms with Gasteiger partial charge in [-0.15, -0.1) is 0 Å². The number of halogens is 2. The van der Waals surface area contributed by atoms with Crippen LogP contribution in [0, 0.1) is 0 Å². The van der Waals surface area contributed by atoms with E-state index in [4.69, 9.17) is 27.9 Å². The second-order valence-electron chi connectivity index (χ2n) is 7.10. The number of fused-ring (bicyclic) bond motifs is 1. The normalized spacial score (nSPS) is 11.7. The molecule has 0 fully saturated rings. The third kappa shape index (κ3) is 5.15. The molecule has 1 heterocycles. The van der Waals surface area contributed by atoms with Crippen molar-refractivity contribution in [2.45, 2.75) is 26.3 Å². The van der Waals surface area contributed by atoms with E-state index in [9.17, 15) is 14.4 Å². The molecule has 0 saturated carbocycles. The number of para-hydroxylation sites is 1. The van der Waals surface area contributed by atoms with Crippen LogP contribution in [0.25, 0.3) is 10.9 Å². The van der Waals surface area contributed by atoms with E-state index >= 15 is 0 Å². The summed E-state index contributed by atoms with van der Waals surface area (Å²) in [6, 6.07) is 11.2. The molecule has 3 aromatic rings. The van der Waals surface area contributed by atoms with Gasteiger partial charge in [-0.25, -0.2) is 4.68 Å². The molecule has 8 nitrogen and oxygen atoms in total. The van der Waals surface area contributed by atoms with E-state index in [0.29, 0.717) is 38.8 Å². The van der Waals surface area contributed by atoms with Gasteiger partial charge in [-0.2, -0.15) is 0 Å². The number of methoxy groups -OCH3 is 1. The molecule has 3 N–H and O–H groups in total. The van der Waals surface area contributed by atoms with Crippen molar-refractivity contribution in [2.24, 2.45) is 0 Å². The summed E-state index contributed by atoms with van der Waals surface area (Å²) in [7, 11) is 1.47. The van der Waals surface area contributed by atoms with Crippen LogP contribution in [0.1, 0.15) is 30.8 Å². The van der Waals surface area contributed by atoms with E-state index in [1.54, 1.807) is 31.2 Å². The summed E-state index contributed by atoms with van der Waals surface area (Å²) >= 11 is 12.0. The summed E-state index contributed by atoms with van der Waals surface area (Å²) in [6.07, 6.45) is 0.662. The van der Waals surface area contributed by atoms with Crippen LogP contribution in [0.5, 0.6) is 5.75 Å². The molecule has 0 unspecified atom stereocenters. The van der Waals surface area contributed by atoms with Crippen molar-refractivity contribution in [3.8, 4) is 5.75 Å². The highest BCUT2D eigenvalue weighted by molar-refractivity contribution is 6.38. The van der Waals surface area contributed by atoms with Crippen molar-refractivity contribution in [1.29, 1.82) is 0 Å². The maximum Gasteiger partial charge on any atom is 0.328 e. The molecule has 3 rings (SSSR count). The van der Waals surface area contributed by atoms with Gasteiger partial charge in [0.25, 0.3) is 5.91 Å². The van der Waals surface area contributed by atoms with Crippen LogP contribution in [-0.4, -0.2) is 35.5 Å². The first kappa shape index (κ1) is 23.4. The van der Waals surface area contributed by atoms with Gasteiger partial charge in [0.05, 0.1) is 7.11 Å². The Morgan fingerprint density at radius 1 is 1.06 bits per heavy atom. The zero-order valence-corrected chi connectivity index (χ0v) is 19.2. The Labute approximate surface area is 194 Å².